The summed E-state index contributed by atoms with van der Waals surface area (Å²) in [5.41, 5.74) is 0. The molecule has 18 heavy (non-hydrogen) atoms. The number of amides is 1. The lowest BCUT2D eigenvalue weighted by Crippen LogP contribution is -2.42. The highest BCUT2D eigenvalue weighted by Crippen LogP contribution is 2.16. The Balaban J connectivity index is 2.05. The van der Waals surface area contributed by atoms with E-state index in [1.54, 1.807) is 0 Å². The number of hydrogen-bond acceptors (Lipinski definition) is 5. The van der Waals surface area contributed by atoms with Crippen molar-refractivity contribution < 1.29 is 22.4 Å². The van der Waals surface area contributed by atoms with Crippen LogP contribution >= 0.6 is 15.9 Å². The summed E-state index contributed by atoms with van der Waals surface area (Å²) in [4.78, 5) is 11.7. The molecule has 2 heterocycles. The molecule has 1 N–H and O–H groups in total. The van der Waals surface area contributed by atoms with Crippen LogP contribution in [0.2, 0.25) is 0 Å². The summed E-state index contributed by atoms with van der Waals surface area (Å²) in [6.07, 6.45) is 1.16. The van der Waals surface area contributed by atoms with E-state index in [1.165, 1.54) is 12.1 Å². The number of ether oxygens (including phenoxy) is 1. The van der Waals surface area contributed by atoms with Gasteiger partial charge in [0.25, 0.3) is 5.91 Å². The van der Waals surface area contributed by atoms with Gasteiger partial charge in [-0.25, -0.2) is 13.1 Å². The number of sulfonamides is 1. The Morgan fingerprint density at radius 1 is 1.44 bits per heavy atom. The summed E-state index contributed by atoms with van der Waals surface area (Å²) in [6, 6.07) is 2.91. The largest absolute Gasteiger partial charge is 0.444 e. The summed E-state index contributed by atoms with van der Waals surface area (Å²) in [7, 11) is -3.72. The van der Waals surface area contributed by atoms with Crippen LogP contribution < -0.4 is 4.72 Å². The van der Waals surface area contributed by atoms with Crippen LogP contribution in [0.3, 0.4) is 0 Å². The molecule has 8 heteroatoms. The molecule has 1 aliphatic heterocycles. The van der Waals surface area contributed by atoms with Crippen molar-refractivity contribution in [1.82, 2.24) is 4.72 Å². The predicted octanol–water partition coefficient (Wildman–Crippen LogP) is 1.28. The average molecular weight is 338 g/mol. The maximum absolute atomic E-state index is 11.9. The summed E-state index contributed by atoms with van der Waals surface area (Å²) < 4.78 is 36.3. The second-order valence-electron chi connectivity index (χ2n) is 3.92. The monoisotopic (exact) mass is 337 g/mol. The second-order valence-corrected chi connectivity index (χ2v) is 6.66. The second kappa shape index (κ2) is 5.41. The highest BCUT2D eigenvalue weighted by Gasteiger charge is 2.30. The molecule has 1 amide bonds. The van der Waals surface area contributed by atoms with Crippen molar-refractivity contribution in [3.8, 4) is 0 Å². The lowest BCUT2D eigenvalue weighted by molar-refractivity contribution is 0.0934. The van der Waals surface area contributed by atoms with E-state index >= 15 is 0 Å². The average Bonchev–Trinajstić information content (AvgIpc) is 2.77. The first-order chi connectivity index (χ1) is 8.49. The van der Waals surface area contributed by atoms with Crippen LogP contribution in [0, 0.1) is 0 Å². The maximum Gasteiger partial charge on any atom is 0.300 e. The Labute approximate surface area is 113 Å². The lowest BCUT2D eigenvalue weighted by Gasteiger charge is -2.21. The fourth-order valence-electron chi connectivity index (χ4n) is 1.66. The number of hydrogen-bond donors (Lipinski definition) is 1. The van der Waals surface area contributed by atoms with E-state index in [4.69, 9.17) is 9.15 Å². The highest BCUT2D eigenvalue weighted by molar-refractivity contribution is 9.10. The number of carbonyl (C=O) groups is 1. The van der Waals surface area contributed by atoms with Crippen LogP contribution in [0.5, 0.6) is 0 Å². The molecule has 1 aromatic rings. The number of carbonyl (C=O) groups excluding carboxylic acids is 1. The summed E-state index contributed by atoms with van der Waals surface area (Å²) in [5.74, 6) is -0.826. The molecule has 2 rings (SSSR count). The SMILES string of the molecule is O=C(NS(=O)(=O)[C@H]1CCCOC1)c1ccc(Br)o1. The molecule has 0 unspecified atom stereocenters. The zero-order valence-electron chi connectivity index (χ0n) is 9.39. The topological polar surface area (TPSA) is 85.6 Å². The zero-order chi connectivity index (χ0) is 13.2. The Kier molecular flexibility index (Phi) is 4.08. The fourth-order valence-corrected chi connectivity index (χ4v) is 3.24. The molecule has 100 valence electrons. The third-order valence-corrected chi connectivity index (χ3v) is 4.73. The minimum Gasteiger partial charge on any atom is -0.444 e. The zero-order valence-corrected chi connectivity index (χ0v) is 11.8. The highest BCUT2D eigenvalue weighted by atomic mass is 79.9. The molecular formula is C10H12BrNO5S. The smallest absolute Gasteiger partial charge is 0.300 e. The lowest BCUT2D eigenvalue weighted by atomic mass is 10.2. The predicted molar refractivity (Wildman–Crippen MR) is 66.6 cm³/mol. The van der Waals surface area contributed by atoms with Gasteiger partial charge in [-0.05, 0) is 40.9 Å². The van der Waals surface area contributed by atoms with Crippen molar-refractivity contribution >= 4 is 31.9 Å². The van der Waals surface area contributed by atoms with Gasteiger partial charge in [-0.15, -0.1) is 0 Å². The van der Waals surface area contributed by atoms with E-state index < -0.39 is 21.2 Å². The first-order valence-electron chi connectivity index (χ1n) is 5.38. The van der Waals surface area contributed by atoms with Gasteiger partial charge in [0.1, 0.15) is 5.25 Å². The molecule has 1 atom stereocenters. The van der Waals surface area contributed by atoms with Gasteiger partial charge in [0.15, 0.2) is 10.4 Å². The number of furan rings is 1. The Morgan fingerprint density at radius 2 is 2.22 bits per heavy atom. The van der Waals surface area contributed by atoms with Crippen LogP contribution in [-0.4, -0.2) is 32.8 Å². The molecule has 1 aliphatic rings. The van der Waals surface area contributed by atoms with Crippen molar-refractivity contribution in [3.05, 3.63) is 22.6 Å². The van der Waals surface area contributed by atoms with Gasteiger partial charge in [0.2, 0.25) is 10.0 Å². The van der Waals surface area contributed by atoms with Gasteiger partial charge >= 0.3 is 0 Å². The first kappa shape index (κ1) is 13.6. The molecule has 1 fully saturated rings. The summed E-state index contributed by atoms with van der Waals surface area (Å²) >= 11 is 3.04. The van der Waals surface area contributed by atoms with Crippen molar-refractivity contribution in [2.75, 3.05) is 13.2 Å². The molecule has 0 saturated carbocycles. The summed E-state index contributed by atoms with van der Waals surface area (Å²) in [6.45, 7) is 0.676. The first-order valence-corrected chi connectivity index (χ1v) is 7.72. The standard InChI is InChI=1S/C10H12BrNO5S/c11-9-4-3-8(17-9)10(13)12-18(14,15)7-2-1-5-16-6-7/h3-4,7H,1-2,5-6H2,(H,12,13)/t7-/m0/s1. The molecule has 0 radical (unpaired) electrons. The van der Waals surface area contributed by atoms with E-state index in [0.29, 0.717) is 24.1 Å². The maximum atomic E-state index is 11.9. The third kappa shape index (κ3) is 3.12. The Bertz CT molecular complexity index is 532. The van der Waals surface area contributed by atoms with Crippen molar-refractivity contribution in [1.29, 1.82) is 0 Å². The molecule has 6 nitrogen and oxygen atoms in total. The van der Waals surface area contributed by atoms with Crippen molar-refractivity contribution in [2.24, 2.45) is 0 Å². The van der Waals surface area contributed by atoms with Crippen molar-refractivity contribution in [2.45, 2.75) is 18.1 Å². The Morgan fingerprint density at radius 3 is 2.78 bits per heavy atom. The fraction of sp³-hybridized carbons (Fsp3) is 0.500. The molecule has 0 bridgehead atoms. The molecule has 1 aromatic heterocycles. The molecule has 0 spiro atoms. The van der Waals surface area contributed by atoms with Gasteiger partial charge in [0, 0.05) is 6.61 Å². The molecule has 0 aliphatic carbocycles. The van der Waals surface area contributed by atoms with Gasteiger partial charge in [-0.2, -0.15) is 0 Å². The van der Waals surface area contributed by atoms with Gasteiger partial charge < -0.3 is 9.15 Å². The van der Waals surface area contributed by atoms with E-state index in [9.17, 15) is 13.2 Å². The van der Waals surface area contributed by atoms with Crippen LogP contribution in [0.25, 0.3) is 0 Å². The number of rotatable bonds is 3. The van der Waals surface area contributed by atoms with E-state index in [2.05, 4.69) is 15.9 Å². The normalized spacial score (nSPS) is 20.6. The van der Waals surface area contributed by atoms with Crippen LogP contribution in [0.15, 0.2) is 21.2 Å². The third-order valence-electron chi connectivity index (χ3n) is 2.59. The van der Waals surface area contributed by atoms with Gasteiger partial charge in [-0.1, -0.05) is 0 Å². The van der Waals surface area contributed by atoms with Crippen molar-refractivity contribution in [3.63, 3.8) is 0 Å². The van der Waals surface area contributed by atoms with Crippen LogP contribution in [-0.2, 0) is 14.8 Å². The Hall–Kier alpha value is -0.860. The minimum absolute atomic E-state index is 0.0535. The molecule has 1 saturated heterocycles. The van der Waals surface area contributed by atoms with E-state index in [1.807, 2.05) is 4.72 Å². The number of halogens is 1. The summed E-state index contributed by atoms with van der Waals surface area (Å²) in [5, 5.41) is -0.686. The number of nitrogens with one attached hydrogen (secondary N) is 1. The molecular weight excluding hydrogens is 326 g/mol. The van der Waals surface area contributed by atoms with Gasteiger partial charge in [0.05, 0.1) is 6.61 Å². The quantitative estimate of drug-likeness (QED) is 0.897. The minimum atomic E-state index is -3.72. The van der Waals surface area contributed by atoms with Crippen LogP contribution in [0.4, 0.5) is 0 Å². The van der Waals surface area contributed by atoms with E-state index in [0.717, 1.165) is 0 Å². The molecule has 0 aromatic carbocycles. The van der Waals surface area contributed by atoms with Crippen LogP contribution in [0.1, 0.15) is 23.4 Å². The van der Waals surface area contributed by atoms with Gasteiger partial charge in [-0.3, -0.25) is 4.79 Å². The van der Waals surface area contributed by atoms with E-state index in [-0.39, 0.29) is 12.4 Å².